The van der Waals surface area contributed by atoms with Crippen LogP contribution in [-0.2, 0) is 11.3 Å². The summed E-state index contributed by atoms with van der Waals surface area (Å²) in [6, 6.07) is 6.06. The van der Waals surface area contributed by atoms with Crippen LogP contribution in [0.3, 0.4) is 0 Å². The van der Waals surface area contributed by atoms with Gasteiger partial charge in [0.2, 0.25) is 17.6 Å². The quantitative estimate of drug-likeness (QED) is 0.702. The highest BCUT2D eigenvalue weighted by atomic mass is 19.1. The van der Waals surface area contributed by atoms with Crippen LogP contribution in [-0.4, -0.2) is 50.5 Å². The van der Waals surface area contributed by atoms with Gasteiger partial charge in [0.1, 0.15) is 11.5 Å². The molecule has 0 saturated carbocycles. The fourth-order valence-electron chi connectivity index (χ4n) is 2.84. The molecule has 1 saturated heterocycles. The number of aromatic nitrogens is 4. The molecule has 138 valence electrons. The van der Waals surface area contributed by atoms with Crippen molar-refractivity contribution < 1.29 is 13.7 Å². The van der Waals surface area contributed by atoms with Crippen molar-refractivity contribution in [1.29, 1.82) is 0 Å². The van der Waals surface area contributed by atoms with Gasteiger partial charge in [0.15, 0.2) is 0 Å². The molecule has 2 aromatic heterocycles. The molecule has 1 aliphatic heterocycles. The van der Waals surface area contributed by atoms with E-state index < -0.39 is 0 Å². The van der Waals surface area contributed by atoms with Crippen LogP contribution in [0.4, 0.5) is 4.39 Å². The first-order valence-corrected chi connectivity index (χ1v) is 8.51. The number of carbonyl (C=O) groups is 1. The van der Waals surface area contributed by atoms with Crippen molar-refractivity contribution in [2.45, 2.75) is 12.5 Å². The normalized spacial score (nSPS) is 14.7. The van der Waals surface area contributed by atoms with Gasteiger partial charge in [0, 0.05) is 32.0 Å². The average Bonchev–Trinajstić information content (AvgIpc) is 3.14. The standard InChI is InChI=1S/C18H17FN6O2/c19-14-3-1-12(2-4-14)7-22-16(26)11-25-9-13(10-25)18-23-17(24-27-18)15-8-20-5-6-21-15/h1-6,8,13H,7,9-11H2,(H,22,26). The van der Waals surface area contributed by atoms with Crippen molar-refractivity contribution in [2.24, 2.45) is 0 Å². The lowest BCUT2D eigenvalue weighted by Gasteiger charge is -2.36. The molecule has 1 amide bonds. The summed E-state index contributed by atoms with van der Waals surface area (Å²) in [4.78, 5) is 26.5. The molecule has 3 heterocycles. The number of nitrogens with zero attached hydrogens (tertiary/aromatic N) is 5. The lowest BCUT2D eigenvalue weighted by molar-refractivity contribution is -0.123. The van der Waals surface area contributed by atoms with Crippen molar-refractivity contribution in [3.8, 4) is 11.5 Å². The summed E-state index contributed by atoms with van der Waals surface area (Å²) in [5.41, 5.74) is 1.41. The third kappa shape index (κ3) is 4.14. The zero-order chi connectivity index (χ0) is 18.6. The fourth-order valence-corrected chi connectivity index (χ4v) is 2.84. The SMILES string of the molecule is O=C(CN1CC(c2nc(-c3cnccn3)no2)C1)NCc1ccc(F)cc1. The Morgan fingerprint density at radius 2 is 2.07 bits per heavy atom. The first-order valence-electron chi connectivity index (χ1n) is 8.51. The molecule has 27 heavy (non-hydrogen) atoms. The topological polar surface area (TPSA) is 97.0 Å². The number of carbonyl (C=O) groups excluding carboxylic acids is 1. The molecule has 0 atom stereocenters. The molecule has 1 aromatic carbocycles. The first kappa shape index (κ1) is 17.2. The fraction of sp³-hybridized carbons (Fsp3) is 0.278. The van der Waals surface area contributed by atoms with Crippen molar-refractivity contribution >= 4 is 5.91 Å². The van der Waals surface area contributed by atoms with E-state index in [1.807, 2.05) is 4.90 Å². The van der Waals surface area contributed by atoms with Gasteiger partial charge < -0.3 is 9.84 Å². The Morgan fingerprint density at radius 1 is 1.26 bits per heavy atom. The maximum Gasteiger partial charge on any atom is 0.234 e. The van der Waals surface area contributed by atoms with Crippen LogP contribution in [0.25, 0.3) is 11.5 Å². The van der Waals surface area contributed by atoms with E-state index in [2.05, 4.69) is 25.4 Å². The molecule has 9 heteroatoms. The minimum Gasteiger partial charge on any atom is -0.351 e. The summed E-state index contributed by atoms with van der Waals surface area (Å²) in [7, 11) is 0. The highest BCUT2D eigenvalue weighted by Gasteiger charge is 2.33. The minimum absolute atomic E-state index is 0.0800. The zero-order valence-corrected chi connectivity index (χ0v) is 14.4. The number of hydrogen-bond donors (Lipinski definition) is 1. The van der Waals surface area contributed by atoms with E-state index in [0.29, 0.717) is 43.6 Å². The summed E-state index contributed by atoms with van der Waals surface area (Å²) in [5, 5.41) is 6.76. The molecule has 4 rings (SSSR count). The molecule has 1 aliphatic rings. The van der Waals surface area contributed by atoms with Crippen LogP contribution in [0, 0.1) is 5.82 Å². The summed E-state index contributed by atoms with van der Waals surface area (Å²) in [6.45, 7) is 2.02. The van der Waals surface area contributed by atoms with E-state index >= 15 is 0 Å². The number of nitrogens with one attached hydrogen (secondary N) is 1. The van der Waals surface area contributed by atoms with E-state index in [0.717, 1.165) is 5.56 Å². The van der Waals surface area contributed by atoms with Gasteiger partial charge in [-0.15, -0.1) is 0 Å². The first-order chi connectivity index (χ1) is 13.2. The molecule has 1 N–H and O–H groups in total. The number of benzene rings is 1. The Hall–Kier alpha value is -3.20. The predicted octanol–water partition coefficient (Wildman–Crippen LogP) is 1.38. The molecule has 0 aliphatic carbocycles. The third-order valence-corrected chi connectivity index (χ3v) is 4.31. The molecule has 0 spiro atoms. The molecule has 0 unspecified atom stereocenters. The van der Waals surface area contributed by atoms with Crippen molar-refractivity contribution in [3.63, 3.8) is 0 Å². The van der Waals surface area contributed by atoms with Crippen molar-refractivity contribution in [3.05, 3.63) is 60.1 Å². The second-order valence-electron chi connectivity index (χ2n) is 6.34. The predicted molar refractivity (Wildman–Crippen MR) is 92.8 cm³/mol. The number of likely N-dealkylation sites (tertiary alicyclic amines) is 1. The van der Waals surface area contributed by atoms with E-state index in [1.54, 1.807) is 30.7 Å². The van der Waals surface area contributed by atoms with Gasteiger partial charge in [-0.05, 0) is 17.7 Å². The van der Waals surface area contributed by atoms with Gasteiger partial charge in [-0.3, -0.25) is 14.7 Å². The third-order valence-electron chi connectivity index (χ3n) is 4.31. The molecule has 1 fully saturated rings. The van der Waals surface area contributed by atoms with E-state index in [4.69, 9.17) is 4.52 Å². The van der Waals surface area contributed by atoms with Gasteiger partial charge in [0.05, 0.1) is 18.7 Å². The Labute approximate surface area is 154 Å². The molecule has 0 bridgehead atoms. The Bertz CT molecular complexity index is 909. The maximum atomic E-state index is 12.9. The highest BCUT2D eigenvalue weighted by Crippen LogP contribution is 2.26. The largest absolute Gasteiger partial charge is 0.351 e. The summed E-state index contributed by atoms with van der Waals surface area (Å²) in [5.74, 6) is 0.684. The highest BCUT2D eigenvalue weighted by molar-refractivity contribution is 5.78. The molecular weight excluding hydrogens is 351 g/mol. The molecule has 0 radical (unpaired) electrons. The van der Waals surface area contributed by atoms with Gasteiger partial charge in [-0.25, -0.2) is 9.37 Å². The number of hydrogen-bond acceptors (Lipinski definition) is 7. The van der Waals surface area contributed by atoms with Gasteiger partial charge >= 0.3 is 0 Å². The lowest BCUT2D eigenvalue weighted by atomic mass is 10.0. The van der Waals surface area contributed by atoms with E-state index in [9.17, 15) is 9.18 Å². The van der Waals surface area contributed by atoms with Crippen LogP contribution < -0.4 is 5.32 Å². The molecule has 3 aromatic rings. The monoisotopic (exact) mass is 368 g/mol. The summed E-state index contributed by atoms with van der Waals surface area (Å²) in [6.07, 6.45) is 4.73. The summed E-state index contributed by atoms with van der Waals surface area (Å²) < 4.78 is 18.2. The van der Waals surface area contributed by atoms with Crippen molar-refractivity contribution in [1.82, 2.24) is 30.3 Å². The summed E-state index contributed by atoms with van der Waals surface area (Å²) >= 11 is 0. The van der Waals surface area contributed by atoms with E-state index in [1.165, 1.54) is 12.1 Å². The average molecular weight is 368 g/mol. The number of rotatable bonds is 6. The van der Waals surface area contributed by atoms with Gasteiger partial charge in [-0.1, -0.05) is 17.3 Å². The lowest BCUT2D eigenvalue weighted by Crippen LogP contribution is -2.49. The Kier molecular flexibility index (Phi) is 4.84. The van der Waals surface area contributed by atoms with Gasteiger partial charge in [0.25, 0.3) is 0 Å². The van der Waals surface area contributed by atoms with Gasteiger partial charge in [-0.2, -0.15) is 4.98 Å². The molecule has 8 nitrogen and oxygen atoms in total. The van der Waals surface area contributed by atoms with E-state index in [-0.39, 0.29) is 17.6 Å². The second kappa shape index (κ2) is 7.58. The zero-order valence-electron chi connectivity index (χ0n) is 14.4. The smallest absolute Gasteiger partial charge is 0.234 e. The number of halogens is 1. The minimum atomic E-state index is -0.291. The van der Waals surface area contributed by atoms with Crippen LogP contribution in [0.5, 0.6) is 0 Å². The van der Waals surface area contributed by atoms with Crippen LogP contribution >= 0.6 is 0 Å². The van der Waals surface area contributed by atoms with Crippen LogP contribution in [0.15, 0.2) is 47.4 Å². The van der Waals surface area contributed by atoms with Crippen molar-refractivity contribution in [2.75, 3.05) is 19.6 Å². The Balaban J connectivity index is 1.23. The second-order valence-corrected chi connectivity index (χ2v) is 6.34. The molecular formula is C18H17FN6O2. The maximum absolute atomic E-state index is 12.9. The number of amides is 1. The van der Waals surface area contributed by atoms with Crippen LogP contribution in [0.1, 0.15) is 17.4 Å². The Morgan fingerprint density at radius 3 is 2.81 bits per heavy atom. The van der Waals surface area contributed by atoms with Crippen LogP contribution in [0.2, 0.25) is 0 Å².